The Morgan fingerprint density at radius 2 is 1.69 bits per heavy atom. The third-order valence-electron chi connectivity index (χ3n) is 3.15. The predicted octanol–water partition coefficient (Wildman–Crippen LogP) is 5.75. The van der Waals surface area contributed by atoms with Crippen LogP contribution >= 0.6 is 0 Å². The number of allylic oxidation sites excluding steroid dienone is 3. The molecule has 1 unspecified atom stereocenters. The van der Waals surface area contributed by atoms with Crippen molar-refractivity contribution < 1.29 is 0 Å². The van der Waals surface area contributed by atoms with E-state index >= 15 is 0 Å². The quantitative estimate of drug-likeness (QED) is 0.436. The van der Waals surface area contributed by atoms with Gasteiger partial charge in [0.25, 0.3) is 0 Å². The van der Waals surface area contributed by atoms with Crippen LogP contribution in [-0.2, 0) is 0 Å². The maximum atomic E-state index is 3.72. The predicted molar refractivity (Wildman–Crippen MR) is 75.7 cm³/mol. The van der Waals surface area contributed by atoms with E-state index in [1.165, 1.54) is 44.1 Å². The second-order valence-corrected chi connectivity index (χ2v) is 5.57. The van der Waals surface area contributed by atoms with Gasteiger partial charge in [-0.05, 0) is 31.6 Å². The average molecular weight is 222 g/mol. The minimum atomic E-state index is 0.866. The summed E-state index contributed by atoms with van der Waals surface area (Å²) >= 11 is 0. The van der Waals surface area contributed by atoms with Gasteiger partial charge < -0.3 is 0 Å². The summed E-state index contributed by atoms with van der Waals surface area (Å²) in [4.78, 5) is 0. The minimum absolute atomic E-state index is 0.866. The molecule has 0 nitrogen and oxygen atoms in total. The van der Waals surface area contributed by atoms with Crippen molar-refractivity contribution in [2.24, 2.45) is 11.8 Å². The molecule has 0 aromatic heterocycles. The molecule has 0 spiro atoms. The number of hydrogen-bond donors (Lipinski definition) is 0. The Balaban J connectivity index is 3.46. The molecule has 0 fully saturated rings. The highest BCUT2D eigenvalue weighted by Crippen LogP contribution is 2.18. The summed E-state index contributed by atoms with van der Waals surface area (Å²) in [5.74, 6) is 1.76. The maximum Gasteiger partial charge on any atom is -0.0320 e. The fourth-order valence-electron chi connectivity index (χ4n) is 2.03. The molecule has 0 aliphatic carbocycles. The Labute approximate surface area is 103 Å². The van der Waals surface area contributed by atoms with E-state index in [-0.39, 0.29) is 0 Å². The zero-order valence-corrected chi connectivity index (χ0v) is 11.8. The van der Waals surface area contributed by atoms with Crippen LogP contribution in [0.25, 0.3) is 0 Å². The van der Waals surface area contributed by atoms with Gasteiger partial charge in [-0.3, -0.25) is 0 Å². The second kappa shape index (κ2) is 9.69. The van der Waals surface area contributed by atoms with Crippen molar-refractivity contribution in [1.29, 1.82) is 0 Å². The van der Waals surface area contributed by atoms with Crippen LogP contribution in [0, 0.1) is 11.8 Å². The van der Waals surface area contributed by atoms with Crippen LogP contribution in [0.1, 0.15) is 66.2 Å². The second-order valence-electron chi connectivity index (χ2n) is 5.57. The smallest absolute Gasteiger partial charge is 0.0320 e. The molecule has 16 heavy (non-hydrogen) atoms. The lowest BCUT2D eigenvalue weighted by Gasteiger charge is -2.12. The van der Waals surface area contributed by atoms with Gasteiger partial charge in [-0.1, -0.05) is 70.8 Å². The van der Waals surface area contributed by atoms with Crippen LogP contribution in [0.2, 0.25) is 0 Å². The number of hydrogen-bond acceptors (Lipinski definition) is 0. The van der Waals surface area contributed by atoms with E-state index in [2.05, 4.69) is 40.3 Å². The Morgan fingerprint density at radius 1 is 1.06 bits per heavy atom. The summed E-state index contributed by atoms with van der Waals surface area (Å²) in [5, 5.41) is 0. The van der Waals surface area contributed by atoms with Crippen LogP contribution in [0.4, 0.5) is 0 Å². The molecule has 94 valence electrons. The zero-order chi connectivity index (χ0) is 12.4. The average Bonchev–Trinajstić information content (AvgIpc) is 2.17. The largest absolute Gasteiger partial charge is 0.0991 e. The van der Waals surface area contributed by atoms with Gasteiger partial charge in [-0.25, -0.2) is 0 Å². The van der Waals surface area contributed by atoms with Crippen molar-refractivity contribution in [3.63, 3.8) is 0 Å². The molecule has 0 bridgehead atoms. The van der Waals surface area contributed by atoms with E-state index in [9.17, 15) is 0 Å². The molecule has 0 rings (SSSR count). The third-order valence-corrected chi connectivity index (χ3v) is 3.15. The Bertz CT molecular complexity index is 198. The molecule has 0 saturated carbocycles. The van der Waals surface area contributed by atoms with Crippen molar-refractivity contribution in [1.82, 2.24) is 0 Å². The van der Waals surface area contributed by atoms with Crippen LogP contribution in [0.3, 0.4) is 0 Å². The molecule has 0 aliphatic rings. The van der Waals surface area contributed by atoms with Crippen molar-refractivity contribution in [3.8, 4) is 0 Å². The highest BCUT2D eigenvalue weighted by atomic mass is 14.1. The van der Waals surface area contributed by atoms with Crippen LogP contribution in [-0.4, -0.2) is 0 Å². The normalized spacial score (nSPS) is 14.2. The highest BCUT2D eigenvalue weighted by molar-refractivity contribution is 5.07. The number of rotatable bonds is 9. The fraction of sp³-hybridized carbons (Fsp3) is 0.750. The van der Waals surface area contributed by atoms with E-state index in [0.29, 0.717) is 0 Å². The Hall–Kier alpha value is -0.520. The van der Waals surface area contributed by atoms with Gasteiger partial charge in [-0.2, -0.15) is 0 Å². The van der Waals surface area contributed by atoms with E-state index in [0.717, 1.165) is 11.8 Å². The van der Waals surface area contributed by atoms with Crippen LogP contribution < -0.4 is 0 Å². The molecule has 0 amide bonds. The third kappa shape index (κ3) is 10.0. The first-order chi connectivity index (χ1) is 7.56. The molecule has 0 N–H and O–H groups in total. The van der Waals surface area contributed by atoms with Crippen LogP contribution in [0.15, 0.2) is 24.3 Å². The van der Waals surface area contributed by atoms with E-state index in [1.54, 1.807) is 0 Å². The lowest BCUT2D eigenvalue weighted by atomic mass is 9.94. The van der Waals surface area contributed by atoms with E-state index in [1.807, 2.05) is 6.08 Å². The van der Waals surface area contributed by atoms with Gasteiger partial charge in [0.2, 0.25) is 0 Å². The monoisotopic (exact) mass is 222 g/mol. The van der Waals surface area contributed by atoms with Crippen molar-refractivity contribution in [2.45, 2.75) is 66.2 Å². The standard InChI is InChI=1S/C16H30/c1-6-9-15(4)12-8-13-16(5)11-7-10-14(2)3/h6,9,14,16H,1,7-8,10-13H2,2-5H3. The van der Waals surface area contributed by atoms with E-state index < -0.39 is 0 Å². The molecule has 0 heteroatoms. The van der Waals surface area contributed by atoms with Gasteiger partial charge in [0.1, 0.15) is 0 Å². The van der Waals surface area contributed by atoms with E-state index in [4.69, 9.17) is 0 Å². The molecule has 0 saturated heterocycles. The van der Waals surface area contributed by atoms with Gasteiger partial charge >= 0.3 is 0 Å². The Morgan fingerprint density at radius 3 is 2.25 bits per heavy atom. The van der Waals surface area contributed by atoms with Gasteiger partial charge in [0.05, 0.1) is 0 Å². The summed E-state index contributed by atoms with van der Waals surface area (Å²) < 4.78 is 0. The molecule has 0 aliphatic heterocycles. The maximum absolute atomic E-state index is 3.72. The summed E-state index contributed by atoms with van der Waals surface area (Å²) in [5.41, 5.74) is 1.46. The minimum Gasteiger partial charge on any atom is -0.0991 e. The van der Waals surface area contributed by atoms with Crippen molar-refractivity contribution >= 4 is 0 Å². The summed E-state index contributed by atoms with van der Waals surface area (Å²) in [6.07, 6.45) is 12.2. The highest BCUT2D eigenvalue weighted by Gasteiger charge is 2.03. The summed E-state index contributed by atoms with van der Waals surface area (Å²) in [6, 6.07) is 0. The summed E-state index contributed by atoms with van der Waals surface area (Å²) in [6.45, 7) is 12.9. The zero-order valence-electron chi connectivity index (χ0n) is 11.8. The first-order valence-electron chi connectivity index (χ1n) is 6.84. The molecule has 0 aromatic carbocycles. The van der Waals surface area contributed by atoms with Crippen molar-refractivity contribution in [2.75, 3.05) is 0 Å². The Kier molecular flexibility index (Phi) is 9.37. The molecular weight excluding hydrogens is 192 g/mol. The lowest BCUT2D eigenvalue weighted by molar-refractivity contribution is 0.427. The van der Waals surface area contributed by atoms with Crippen LogP contribution in [0.5, 0.6) is 0 Å². The SMILES string of the molecule is C=CC=C(C)CCCC(C)CCCC(C)C. The molecule has 0 aromatic rings. The molecule has 0 radical (unpaired) electrons. The summed E-state index contributed by atoms with van der Waals surface area (Å²) in [7, 11) is 0. The topological polar surface area (TPSA) is 0 Å². The van der Waals surface area contributed by atoms with Gasteiger partial charge in [0.15, 0.2) is 0 Å². The van der Waals surface area contributed by atoms with Crippen molar-refractivity contribution in [3.05, 3.63) is 24.3 Å². The fourth-order valence-corrected chi connectivity index (χ4v) is 2.03. The van der Waals surface area contributed by atoms with Gasteiger partial charge in [0, 0.05) is 0 Å². The first kappa shape index (κ1) is 15.5. The lowest BCUT2D eigenvalue weighted by Crippen LogP contribution is -1.97. The molecule has 1 atom stereocenters. The van der Waals surface area contributed by atoms with Gasteiger partial charge in [-0.15, -0.1) is 0 Å². The first-order valence-corrected chi connectivity index (χ1v) is 6.84. The molecule has 0 heterocycles. The molecular formula is C16H30.